The zero-order chi connectivity index (χ0) is 22.0. The van der Waals surface area contributed by atoms with Crippen molar-refractivity contribution in [1.29, 1.82) is 0 Å². The van der Waals surface area contributed by atoms with Crippen LogP contribution in [-0.4, -0.2) is 28.5 Å². The van der Waals surface area contributed by atoms with Gasteiger partial charge in [0.15, 0.2) is 0 Å². The summed E-state index contributed by atoms with van der Waals surface area (Å²) in [7, 11) is 0. The molecule has 1 N–H and O–H groups in total. The quantitative estimate of drug-likeness (QED) is 0.511. The van der Waals surface area contributed by atoms with E-state index >= 15 is 0 Å². The molecule has 1 aliphatic heterocycles. The molecule has 1 aliphatic rings. The van der Waals surface area contributed by atoms with Crippen molar-refractivity contribution >= 4 is 52.2 Å². The number of para-hydroxylation sites is 1. The number of amides is 3. The maximum atomic E-state index is 12.7. The zero-order valence-corrected chi connectivity index (χ0v) is 18.0. The number of carbonyl (C=O) groups excluding carboxylic acids is 3. The van der Waals surface area contributed by atoms with Crippen molar-refractivity contribution in [3.63, 3.8) is 0 Å². The molecule has 0 radical (unpaired) electrons. The average Bonchev–Trinajstić information content (AvgIpc) is 3.31. The van der Waals surface area contributed by atoms with Crippen LogP contribution in [-0.2, 0) is 9.59 Å². The second kappa shape index (κ2) is 8.83. The highest BCUT2D eigenvalue weighted by atomic mass is 35.5. The summed E-state index contributed by atoms with van der Waals surface area (Å²) in [5, 5.41) is 2.85. The topological polar surface area (TPSA) is 79.6 Å². The number of benzene rings is 2. The number of imide groups is 1. The third kappa shape index (κ3) is 4.73. The SMILES string of the molecule is Cc1ccccc1NC(=O)CN1C(=O)S/C(=C/c2ccc(-c3ccc(Cl)cc3)o2)C1=O. The normalized spacial score (nSPS) is 15.0. The van der Waals surface area contributed by atoms with Crippen LogP contribution in [0.25, 0.3) is 17.4 Å². The van der Waals surface area contributed by atoms with E-state index in [9.17, 15) is 14.4 Å². The summed E-state index contributed by atoms with van der Waals surface area (Å²) < 4.78 is 5.77. The Morgan fingerprint density at radius 1 is 1.10 bits per heavy atom. The van der Waals surface area contributed by atoms with E-state index in [0.717, 1.165) is 27.8 Å². The van der Waals surface area contributed by atoms with E-state index in [-0.39, 0.29) is 11.4 Å². The van der Waals surface area contributed by atoms with E-state index in [1.807, 2.05) is 31.2 Å². The lowest BCUT2D eigenvalue weighted by atomic mass is 10.2. The van der Waals surface area contributed by atoms with E-state index in [4.69, 9.17) is 16.0 Å². The second-order valence-electron chi connectivity index (χ2n) is 6.84. The molecular weight excluding hydrogens is 436 g/mol. The second-order valence-corrected chi connectivity index (χ2v) is 8.27. The summed E-state index contributed by atoms with van der Waals surface area (Å²) in [6, 6.07) is 17.9. The molecule has 1 aromatic heterocycles. The minimum Gasteiger partial charge on any atom is -0.457 e. The molecule has 1 saturated heterocycles. The van der Waals surface area contributed by atoms with Crippen molar-refractivity contribution in [2.75, 3.05) is 11.9 Å². The first-order chi connectivity index (χ1) is 14.9. The van der Waals surface area contributed by atoms with E-state index in [1.165, 1.54) is 6.08 Å². The highest BCUT2D eigenvalue weighted by Crippen LogP contribution is 2.33. The van der Waals surface area contributed by atoms with Crippen LogP contribution in [0.1, 0.15) is 11.3 Å². The third-order valence-corrected chi connectivity index (χ3v) is 5.78. The molecule has 2 aromatic carbocycles. The molecule has 0 bridgehead atoms. The summed E-state index contributed by atoms with van der Waals surface area (Å²) in [4.78, 5) is 38.4. The number of anilines is 1. The number of nitrogens with one attached hydrogen (secondary N) is 1. The number of hydrogen-bond acceptors (Lipinski definition) is 5. The van der Waals surface area contributed by atoms with E-state index in [1.54, 1.807) is 36.4 Å². The lowest BCUT2D eigenvalue weighted by molar-refractivity contribution is -0.127. The minimum atomic E-state index is -0.528. The first-order valence-electron chi connectivity index (χ1n) is 9.37. The van der Waals surface area contributed by atoms with Crippen molar-refractivity contribution < 1.29 is 18.8 Å². The van der Waals surface area contributed by atoms with Gasteiger partial charge in [0.2, 0.25) is 5.91 Å². The molecule has 31 heavy (non-hydrogen) atoms. The molecule has 2 heterocycles. The minimum absolute atomic E-state index is 0.200. The average molecular weight is 453 g/mol. The van der Waals surface area contributed by atoms with Crippen molar-refractivity contribution in [3.05, 3.63) is 81.9 Å². The Morgan fingerprint density at radius 2 is 1.84 bits per heavy atom. The molecule has 0 unspecified atom stereocenters. The number of thioether (sulfide) groups is 1. The largest absolute Gasteiger partial charge is 0.457 e. The van der Waals surface area contributed by atoms with Gasteiger partial charge < -0.3 is 9.73 Å². The van der Waals surface area contributed by atoms with Crippen LogP contribution in [0.5, 0.6) is 0 Å². The number of furan rings is 1. The highest BCUT2D eigenvalue weighted by molar-refractivity contribution is 8.18. The summed E-state index contributed by atoms with van der Waals surface area (Å²) in [6.45, 7) is 1.50. The Hall–Kier alpha value is -3.29. The molecular formula is C23H17ClN2O4S. The van der Waals surface area contributed by atoms with Crippen LogP contribution in [0.15, 0.2) is 70.0 Å². The van der Waals surface area contributed by atoms with E-state index in [2.05, 4.69) is 5.32 Å². The van der Waals surface area contributed by atoms with Crippen LogP contribution in [0.3, 0.4) is 0 Å². The lowest BCUT2D eigenvalue weighted by Crippen LogP contribution is -2.36. The Labute approximate surface area is 187 Å². The molecule has 3 amide bonds. The fourth-order valence-corrected chi connectivity index (χ4v) is 3.96. The predicted octanol–water partition coefficient (Wildman–Crippen LogP) is 5.58. The summed E-state index contributed by atoms with van der Waals surface area (Å²) >= 11 is 6.68. The number of hydrogen-bond donors (Lipinski definition) is 1. The molecule has 156 valence electrons. The van der Waals surface area contributed by atoms with E-state index in [0.29, 0.717) is 22.2 Å². The van der Waals surface area contributed by atoms with Crippen LogP contribution in [0.2, 0.25) is 5.02 Å². The van der Waals surface area contributed by atoms with Crippen LogP contribution < -0.4 is 5.32 Å². The van der Waals surface area contributed by atoms with Gasteiger partial charge in [-0.2, -0.15) is 0 Å². The number of nitrogens with zero attached hydrogens (tertiary/aromatic N) is 1. The molecule has 0 atom stereocenters. The predicted molar refractivity (Wildman–Crippen MR) is 122 cm³/mol. The molecule has 0 aliphatic carbocycles. The molecule has 0 saturated carbocycles. The Morgan fingerprint density at radius 3 is 2.58 bits per heavy atom. The summed E-state index contributed by atoms with van der Waals surface area (Å²) in [5.74, 6) is 0.0693. The van der Waals surface area contributed by atoms with Gasteiger partial charge in [-0.05, 0) is 66.7 Å². The van der Waals surface area contributed by atoms with Crippen LogP contribution >= 0.6 is 23.4 Å². The molecule has 4 rings (SSSR count). The van der Waals surface area contributed by atoms with Crippen molar-refractivity contribution in [2.45, 2.75) is 6.92 Å². The third-order valence-electron chi connectivity index (χ3n) is 4.62. The standard InChI is InChI=1S/C23H17ClN2O4S/c1-14-4-2-3-5-18(14)25-21(27)13-26-22(28)20(31-23(26)29)12-17-10-11-19(30-17)15-6-8-16(24)9-7-15/h2-12H,13H2,1H3,(H,25,27)/b20-12+. The Bertz CT molecular complexity index is 1200. The van der Waals surface area contributed by atoms with Gasteiger partial charge in [-0.1, -0.05) is 29.8 Å². The van der Waals surface area contributed by atoms with Crippen molar-refractivity contribution in [2.24, 2.45) is 0 Å². The van der Waals surface area contributed by atoms with Gasteiger partial charge >= 0.3 is 0 Å². The Balaban J connectivity index is 1.45. The van der Waals surface area contributed by atoms with Gasteiger partial charge in [0, 0.05) is 22.3 Å². The highest BCUT2D eigenvalue weighted by Gasteiger charge is 2.36. The number of halogens is 1. The molecule has 3 aromatic rings. The molecule has 1 fully saturated rings. The van der Waals surface area contributed by atoms with Gasteiger partial charge in [0.25, 0.3) is 11.1 Å². The van der Waals surface area contributed by atoms with Gasteiger partial charge in [0.1, 0.15) is 18.1 Å². The number of rotatable bonds is 5. The van der Waals surface area contributed by atoms with Crippen LogP contribution in [0.4, 0.5) is 10.5 Å². The number of aryl methyl sites for hydroxylation is 1. The van der Waals surface area contributed by atoms with Gasteiger partial charge in [-0.3, -0.25) is 19.3 Å². The Kier molecular flexibility index (Phi) is 5.97. The van der Waals surface area contributed by atoms with Gasteiger partial charge in [0.05, 0.1) is 4.91 Å². The summed E-state index contributed by atoms with van der Waals surface area (Å²) in [6.07, 6.45) is 1.50. The maximum Gasteiger partial charge on any atom is 0.294 e. The first-order valence-corrected chi connectivity index (χ1v) is 10.6. The van der Waals surface area contributed by atoms with Crippen molar-refractivity contribution in [1.82, 2.24) is 4.90 Å². The van der Waals surface area contributed by atoms with Gasteiger partial charge in [-0.25, -0.2) is 0 Å². The first kappa shape index (κ1) is 21.0. The van der Waals surface area contributed by atoms with Crippen molar-refractivity contribution in [3.8, 4) is 11.3 Å². The zero-order valence-electron chi connectivity index (χ0n) is 16.4. The fourth-order valence-electron chi connectivity index (χ4n) is 3.01. The lowest BCUT2D eigenvalue weighted by Gasteiger charge is -2.13. The molecule has 0 spiro atoms. The molecule has 6 nitrogen and oxygen atoms in total. The fraction of sp³-hybridized carbons (Fsp3) is 0.0870. The summed E-state index contributed by atoms with van der Waals surface area (Å²) in [5.41, 5.74) is 2.37. The smallest absolute Gasteiger partial charge is 0.294 e. The maximum absolute atomic E-state index is 12.7. The monoisotopic (exact) mass is 452 g/mol. The van der Waals surface area contributed by atoms with Crippen LogP contribution in [0, 0.1) is 6.92 Å². The molecule has 8 heteroatoms. The van der Waals surface area contributed by atoms with E-state index < -0.39 is 17.1 Å². The number of carbonyl (C=O) groups is 3. The van der Waals surface area contributed by atoms with Gasteiger partial charge in [-0.15, -0.1) is 0 Å².